The van der Waals surface area contributed by atoms with E-state index >= 15 is 0 Å². The summed E-state index contributed by atoms with van der Waals surface area (Å²) in [6, 6.07) is 0.347. The Morgan fingerprint density at radius 1 is 1.18 bits per heavy atom. The Kier molecular flexibility index (Phi) is 3.34. The molecule has 0 radical (unpaired) electrons. The Balaban J connectivity index is 1.73. The molecule has 3 aliphatic heterocycles. The van der Waals surface area contributed by atoms with E-state index in [4.69, 9.17) is 23.7 Å². The van der Waals surface area contributed by atoms with Crippen LogP contribution in [-0.4, -0.2) is 69.8 Å². The highest BCUT2D eigenvalue weighted by Gasteiger charge is 2.50. The number of nitrogens with zero attached hydrogens (tertiary/aromatic N) is 1. The maximum absolute atomic E-state index is 5.96. The van der Waals surface area contributed by atoms with E-state index in [9.17, 15) is 0 Å². The van der Waals surface area contributed by atoms with Gasteiger partial charge in [0.1, 0.15) is 0 Å². The number of hydrogen-bond acceptors (Lipinski definition) is 6. The molecule has 0 bridgehead atoms. The molecule has 3 saturated heterocycles. The standard InChI is InChI=1S/C11H19NO5/c1-13-9-5-7-8(6-16-9)17-10-11(14-2)15-4-3-12(7)10/h7-11H,3-6H2,1-2H3/t7-,8+,9+,10+,11-/m0/s1. The number of fused-ring (bicyclic) bond motifs is 3. The zero-order valence-electron chi connectivity index (χ0n) is 10.2. The molecule has 0 unspecified atom stereocenters. The third kappa shape index (κ3) is 1.99. The predicted octanol–water partition coefficient (Wildman–Crippen LogP) is -0.223. The SMILES string of the molecule is CO[C@H]1C[C@H]2[C@@H](CO1)O[C@@H]1[C@@H](OC)OCCN12. The second-order valence-corrected chi connectivity index (χ2v) is 4.58. The maximum atomic E-state index is 5.96. The van der Waals surface area contributed by atoms with Crippen LogP contribution in [0.3, 0.4) is 0 Å². The molecule has 0 aromatic rings. The monoisotopic (exact) mass is 245 g/mol. The zero-order chi connectivity index (χ0) is 11.8. The lowest BCUT2D eigenvalue weighted by Gasteiger charge is -2.38. The van der Waals surface area contributed by atoms with Gasteiger partial charge in [0, 0.05) is 33.2 Å². The molecule has 17 heavy (non-hydrogen) atoms. The summed E-state index contributed by atoms with van der Waals surface area (Å²) in [5.41, 5.74) is 0. The van der Waals surface area contributed by atoms with Crippen LogP contribution in [0.15, 0.2) is 0 Å². The Hall–Kier alpha value is -0.240. The predicted molar refractivity (Wildman–Crippen MR) is 57.3 cm³/mol. The summed E-state index contributed by atoms with van der Waals surface area (Å²) in [4.78, 5) is 2.32. The lowest BCUT2D eigenvalue weighted by Crippen LogP contribution is -2.53. The van der Waals surface area contributed by atoms with E-state index in [1.807, 2.05) is 0 Å². The molecule has 3 heterocycles. The zero-order valence-corrected chi connectivity index (χ0v) is 10.2. The number of hydrogen-bond donors (Lipinski definition) is 0. The molecule has 98 valence electrons. The third-order valence-corrected chi connectivity index (χ3v) is 3.74. The molecule has 3 rings (SSSR count). The molecule has 5 atom stereocenters. The lowest BCUT2D eigenvalue weighted by molar-refractivity contribution is -0.245. The summed E-state index contributed by atoms with van der Waals surface area (Å²) < 4.78 is 27.6. The second kappa shape index (κ2) is 4.79. The van der Waals surface area contributed by atoms with Gasteiger partial charge in [-0.3, -0.25) is 4.90 Å². The Morgan fingerprint density at radius 3 is 2.82 bits per heavy atom. The molecule has 0 aliphatic carbocycles. The first kappa shape index (κ1) is 11.8. The van der Waals surface area contributed by atoms with Gasteiger partial charge in [0.15, 0.2) is 18.8 Å². The van der Waals surface area contributed by atoms with E-state index in [0.717, 1.165) is 13.0 Å². The maximum Gasteiger partial charge on any atom is 0.197 e. The normalized spacial score (nSPS) is 46.6. The molecule has 0 aromatic carbocycles. The first-order valence-corrected chi connectivity index (χ1v) is 6.03. The van der Waals surface area contributed by atoms with Crippen molar-refractivity contribution in [1.29, 1.82) is 0 Å². The highest BCUT2D eigenvalue weighted by atomic mass is 16.7. The fourth-order valence-corrected chi connectivity index (χ4v) is 2.87. The van der Waals surface area contributed by atoms with Crippen LogP contribution in [0, 0.1) is 0 Å². The minimum Gasteiger partial charge on any atom is -0.356 e. The van der Waals surface area contributed by atoms with Crippen LogP contribution in [0.5, 0.6) is 0 Å². The van der Waals surface area contributed by atoms with Crippen LogP contribution in [0.4, 0.5) is 0 Å². The molecule has 6 nitrogen and oxygen atoms in total. The van der Waals surface area contributed by atoms with Gasteiger partial charge in [-0.1, -0.05) is 0 Å². The molecule has 3 fully saturated rings. The number of methoxy groups -OCH3 is 2. The third-order valence-electron chi connectivity index (χ3n) is 3.74. The number of ether oxygens (including phenoxy) is 5. The van der Waals surface area contributed by atoms with E-state index in [1.165, 1.54) is 0 Å². The van der Waals surface area contributed by atoms with Crippen molar-refractivity contribution in [2.45, 2.75) is 37.4 Å². The van der Waals surface area contributed by atoms with Gasteiger partial charge in [0.25, 0.3) is 0 Å². The molecular formula is C11H19NO5. The van der Waals surface area contributed by atoms with Gasteiger partial charge in [-0.15, -0.1) is 0 Å². The van der Waals surface area contributed by atoms with Crippen molar-refractivity contribution < 1.29 is 23.7 Å². The van der Waals surface area contributed by atoms with Crippen molar-refractivity contribution in [3.63, 3.8) is 0 Å². The fraction of sp³-hybridized carbons (Fsp3) is 1.00. The smallest absolute Gasteiger partial charge is 0.197 e. The fourth-order valence-electron chi connectivity index (χ4n) is 2.87. The summed E-state index contributed by atoms with van der Waals surface area (Å²) in [6.45, 7) is 2.13. The molecule has 0 N–H and O–H groups in total. The first-order valence-electron chi connectivity index (χ1n) is 6.03. The molecule has 0 aromatic heterocycles. The van der Waals surface area contributed by atoms with Gasteiger partial charge in [-0.25, -0.2) is 0 Å². The summed E-state index contributed by atoms with van der Waals surface area (Å²) >= 11 is 0. The molecule has 6 heteroatoms. The van der Waals surface area contributed by atoms with Crippen LogP contribution < -0.4 is 0 Å². The van der Waals surface area contributed by atoms with Crippen LogP contribution in [0.2, 0.25) is 0 Å². The summed E-state index contributed by atoms with van der Waals surface area (Å²) in [7, 11) is 3.32. The van der Waals surface area contributed by atoms with Gasteiger partial charge in [-0.05, 0) is 0 Å². The Morgan fingerprint density at radius 2 is 2.06 bits per heavy atom. The summed E-state index contributed by atoms with van der Waals surface area (Å²) in [6.07, 6.45) is 0.417. The quantitative estimate of drug-likeness (QED) is 0.670. The van der Waals surface area contributed by atoms with Crippen LogP contribution in [-0.2, 0) is 23.7 Å². The van der Waals surface area contributed by atoms with Gasteiger partial charge >= 0.3 is 0 Å². The van der Waals surface area contributed by atoms with Crippen LogP contribution in [0.1, 0.15) is 6.42 Å². The van der Waals surface area contributed by atoms with Gasteiger partial charge in [-0.2, -0.15) is 0 Å². The summed E-state index contributed by atoms with van der Waals surface area (Å²) in [5, 5.41) is 0. The molecule has 3 aliphatic rings. The van der Waals surface area contributed by atoms with Crippen molar-refractivity contribution in [2.75, 3.05) is 34.0 Å². The largest absolute Gasteiger partial charge is 0.356 e. The van der Waals surface area contributed by atoms with E-state index < -0.39 is 0 Å². The Labute approximate surface area is 101 Å². The molecular weight excluding hydrogens is 226 g/mol. The summed E-state index contributed by atoms with van der Waals surface area (Å²) in [5.74, 6) is 0. The van der Waals surface area contributed by atoms with E-state index in [-0.39, 0.29) is 24.9 Å². The second-order valence-electron chi connectivity index (χ2n) is 4.58. The van der Waals surface area contributed by atoms with Crippen molar-refractivity contribution in [3.05, 3.63) is 0 Å². The first-order chi connectivity index (χ1) is 8.33. The van der Waals surface area contributed by atoms with Crippen molar-refractivity contribution in [2.24, 2.45) is 0 Å². The number of morpholine rings is 1. The molecule has 0 saturated carbocycles. The van der Waals surface area contributed by atoms with E-state index in [0.29, 0.717) is 19.3 Å². The minimum atomic E-state index is -0.296. The average Bonchev–Trinajstić information content (AvgIpc) is 2.76. The highest BCUT2D eigenvalue weighted by molar-refractivity contribution is 4.94. The molecule has 0 spiro atoms. The van der Waals surface area contributed by atoms with Gasteiger partial charge < -0.3 is 23.7 Å². The van der Waals surface area contributed by atoms with Gasteiger partial charge in [0.2, 0.25) is 0 Å². The highest BCUT2D eigenvalue weighted by Crippen LogP contribution is 2.35. The van der Waals surface area contributed by atoms with Crippen LogP contribution in [0.25, 0.3) is 0 Å². The van der Waals surface area contributed by atoms with E-state index in [2.05, 4.69) is 4.90 Å². The topological polar surface area (TPSA) is 49.4 Å². The van der Waals surface area contributed by atoms with Crippen molar-refractivity contribution in [1.82, 2.24) is 4.90 Å². The van der Waals surface area contributed by atoms with Crippen molar-refractivity contribution in [3.8, 4) is 0 Å². The Bertz CT molecular complexity index is 277. The van der Waals surface area contributed by atoms with Gasteiger partial charge in [0.05, 0.1) is 19.3 Å². The number of rotatable bonds is 2. The van der Waals surface area contributed by atoms with Crippen molar-refractivity contribution >= 4 is 0 Å². The average molecular weight is 245 g/mol. The lowest BCUT2D eigenvalue weighted by atomic mass is 10.0. The minimum absolute atomic E-state index is 0.103. The van der Waals surface area contributed by atoms with Crippen LogP contribution >= 0.6 is 0 Å². The van der Waals surface area contributed by atoms with E-state index in [1.54, 1.807) is 14.2 Å². The molecule has 0 amide bonds.